The lowest BCUT2D eigenvalue weighted by Gasteiger charge is -2.23. The number of aromatic nitrogens is 1. The molecule has 1 heterocycles. The van der Waals surface area contributed by atoms with Gasteiger partial charge in [-0.1, -0.05) is 71.7 Å². The number of hydrogen-bond acceptors (Lipinski definition) is 3. The van der Waals surface area contributed by atoms with Gasteiger partial charge in [-0.2, -0.15) is 0 Å². The standard InChI is InChI=1S/C29H27Cl2FN2O2/c1-17-21(15-22-23(30)12-8-13-24(22)31)18(2)34(16-25(33)19-9-5-4-6-10-19)29(35)27(17)20-11-7-14-26(36-3)28(20)32/h4-14,25H,15-16,33H2,1-3H3. The van der Waals surface area contributed by atoms with Gasteiger partial charge in [-0.25, -0.2) is 4.39 Å². The molecule has 36 heavy (non-hydrogen) atoms. The molecule has 0 bridgehead atoms. The van der Waals surface area contributed by atoms with Crippen LogP contribution in [0.2, 0.25) is 10.0 Å². The Bertz CT molecular complexity index is 1450. The van der Waals surface area contributed by atoms with E-state index in [4.69, 9.17) is 33.7 Å². The lowest BCUT2D eigenvalue weighted by molar-refractivity contribution is 0.387. The fourth-order valence-corrected chi connectivity index (χ4v) is 5.10. The number of nitrogens with zero attached hydrogens (tertiary/aromatic N) is 1. The monoisotopic (exact) mass is 524 g/mol. The maximum absolute atomic E-state index is 15.4. The molecule has 2 N–H and O–H groups in total. The third-order valence-corrected chi connectivity index (χ3v) is 7.31. The van der Waals surface area contributed by atoms with Crippen LogP contribution in [0.5, 0.6) is 5.75 Å². The molecule has 1 aromatic heterocycles. The molecule has 4 rings (SSSR count). The fraction of sp³-hybridized carbons (Fsp3) is 0.207. The molecule has 0 aliphatic heterocycles. The molecule has 1 unspecified atom stereocenters. The molecule has 0 aliphatic carbocycles. The number of hydrogen-bond donors (Lipinski definition) is 1. The van der Waals surface area contributed by atoms with E-state index in [1.807, 2.05) is 44.2 Å². The minimum absolute atomic E-state index is 0.0649. The molecule has 0 spiro atoms. The Hall–Kier alpha value is -3.12. The van der Waals surface area contributed by atoms with E-state index >= 15 is 4.39 Å². The third kappa shape index (κ3) is 4.92. The van der Waals surface area contributed by atoms with Crippen molar-refractivity contribution in [3.63, 3.8) is 0 Å². The van der Waals surface area contributed by atoms with Crippen molar-refractivity contribution in [2.45, 2.75) is 32.9 Å². The topological polar surface area (TPSA) is 57.2 Å². The smallest absolute Gasteiger partial charge is 0.259 e. The van der Waals surface area contributed by atoms with Crippen molar-refractivity contribution in [1.29, 1.82) is 0 Å². The van der Waals surface area contributed by atoms with E-state index in [2.05, 4.69) is 0 Å². The minimum Gasteiger partial charge on any atom is -0.494 e. The van der Waals surface area contributed by atoms with Crippen LogP contribution in [0.15, 0.2) is 71.5 Å². The Morgan fingerprint density at radius 2 is 1.58 bits per heavy atom. The van der Waals surface area contributed by atoms with Gasteiger partial charge in [0.25, 0.3) is 5.56 Å². The summed E-state index contributed by atoms with van der Waals surface area (Å²) >= 11 is 13.0. The van der Waals surface area contributed by atoms with Crippen molar-refractivity contribution in [3.8, 4) is 16.9 Å². The van der Waals surface area contributed by atoms with Gasteiger partial charge in [0.15, 0.2) is 11.6 Å². The van der Waals surface area contributed by atoms with Gasteiger partial charge in [-0.05, 0) is 54.3 Å². The van der Waals surface area contributed by atoms with Crippen molar-refractivity contribution in [3.05, 3.63) is 121 Å². The highest BCUT2D eigenvalue weighted by atomic mass is 35.5. The summed E-state index contributed by atoms with van der Waals surface area (Å²) < 4.78 is 22.2. The van der Waals surface area contributed by atoms with Gasteiger partial charge in [0.05, 0.1) is 12.7 Å². The molecule has 0 amide bonds. The van der Waals surface area contributed by atoms with Crippen LogP contribution in [-0.2, 0) is 13.0 Å². The number of ether oxygens (including phenoxy) is 1. The molecule has 0 radical (unpaired) electrons. The summed E-state index contributed by atoms with van der Waals surface area (Å²) in [7, 11) is 1.40. The largest absolute Gasteiger partial charge is 0.494 e. The first kappa shape index (κ1) is 26.0. The van der Waals surface area contributed by atoms with Gasteiger partial charge in [0, 0.05) is 40.3 Å². The number of halogens is 3. The molecular formula is C29H27Cl2FN2O2. The van der Waals surface area contributed by atoms with E-state index in [9.17, 15) is 4.79 Å². The van der Waals surface area contributed by atoms with Gasteiger partial charge in [0.2, 0.25) is 0 Å². The van der Waals surface area contributed by atoms with Crippen molar-refractivity contribution >= 4 is 23.2 Å². The number of benzene rings is 3. The lowest BCUT2D eigenvalue weighted by atomic mass is 9.92. The quantitative estimate of drug-likeness (QED) is 0.286. The molecule has 7 heteroatoms. The zero-order valence-corrected chi connectivity index (χ0v) is 21.8. The fourth-order valence-electron chi connectivity index (χ4n) is 4.57. The van der Waals surface area contributed by atoms with E-state index in [0.29, 0.717) is 22.0 Å². The second-order valence-electron chi connectivity index (χ2n) is 8.70. The van der Waals surface area contributed by atoms with Crippen LogP contribution in [-0.4, -0.2) is 11.7 Å². The summed E-state index contributed by atoms with van der Waals surface area (Å²) in [4.78, 5) is 13.9. The first-order valence-corrected chi connectivity index (χ1v) is 12.3. The number of rotatable bonds is 7. The van der Waals surface area contributed by atoms with Crippen molar-refractivity contribution < 1.29 is 9.13 Å². The van der Waals surface area contributed by atoms with E-state index in [-0.39, 0.29) is 29.0 Å². The zero-order chi connectivity index (χ0) is 26.0. The molecule has 0 fully saturated rings. The van der Waals surface area contributed by atoms with Gasteiger partial charge in [0.1, 0.15) is 0 Å². The first-order valence-electron chi connectivity index (χ1n) is 11.5. The minimum atomic E-state index is -0.593. The summed E-state index contributed by atoms with van der Waals surface area (Å²) in [6, 6.07) is 19.2. The predicted octanol–water partition coefficient (Wildman–Crippen LogP) is 6.88. The molecule has 0 saturated carbocycles. The number of pyridine rings is 1. The maximum Gasteiger partial charge on any atom is 0.259 e. The van der Waals surface area contributed by atoms with Crippen molar-refractivity contribution in [1.82, 2.24) is 4.57 Å². The van der Waals surface area contributed by atoms with Crippen LogP contribution in [0.25, 0.3) is 11.1 Å². The van der Waals surface area contributed by atoms with Crippen LogP contribution < -0.4 is 16.0 Å². The van der Waals surface area contributed by atoms with Crippen molar-refractivity contribution in [2.75, 3.05) is 7.11 Å². The second-order valence-corrected chi connectivity index (χ2v) is 9.51. The Morgan fingerprint density at radius 3 is 2.22 bits per heavy atom. The highest BCUT2D eigenvalue weighted by molar-refractivity contribution is 6.36. The Kier molecular flexibility index (Phi) is 7.84. The molecule has 4 aromatic rings. The van der Waals surface area contributed by atoms with Crippen LogP contribution in [0.3, 0.4) is 0 Å². The molecule has 4 nitrogen and oxygen atoms in total. The van der Waals surface area contributed by atoms with Crippen LogP contribution in [0.1, 0.15) is 34.0 Å². The molecule has 186 valence electrons. The van der Waals surface area contributed by atoms with Gasteiger partial charge >= 0.3 is 0 Å². The Morgan fingerprint density at radius 1 is 0.944 bits per heavy atom. The Balaban J connectivity index is 1.96. The Labute approximate surface area is 220 Å². The molecule has 0 saturated heterocycles. The van der Waals surface area contributed by atoms with Crippen molar-refractivity contribution in [2.24, 2.45) is 5.73 Å². The summed E-state index contributed by atoms with van der Waals surface area (Å²) in [5, 5.41) is 1.04. The second kappa shape index (κ2) is 10.9. The molecular weight excluding hydrogens is 498 g/mol. The van der Waals surface area contributed by atoms with Gasteiger partial charge in [-0.3, -0.25) is 4.79 Å². The predicted molar refractivity (Wildman–Crippen MR) is 145 cm³/mol. The van der Waals surface area contributed by atoms with E-state index < -0.39 is 11.9 Å². The van der Waals surface area contributed by atoms with Gasteiger partial charge < -0.3 is 15.0 Å². The van der Waals surface area contributed by atoms with E-state index in [1.54, 1.807) is 34.9 Å². The summed E-state index contributed by atoms with van der Waals surface area (Å²) in [5.74, 6) is -0.528. The summed E-state index contributed by atoms with van der Waals surface area (Å²) in [6.45, 7) is 3.92. The zero-order valence-electron chi connectivity index (χ0n) is 20.3. The van der Waals surface area contributed by atoms with Crippen LogP contribution >= 0.6 is 23.2 Å². The molecule has 3 aromatic carbocycles. The summed E-state index contributed by atoms with van der Waals surface area (Å²) in [5.41, 5.74) is 10.5. The number of nitrogens with two attached hydrogens (primary N) is 1. The maximum atomic E-state index is 15.4. The van der Waals surface area contributed by atoms with Gasteiger partial charge in [-0.15, -0.1) is 0 Å². The lowest BCUT2D eigenvalue weighted by Crippen LogP contribution is -2.31. The van der Waals surface area contributed by atoms with E-state index in [1.165, 1.54) is 13.2 Å². The average molecular weight is 525 g/mol. The average Bonchev–Trinajstić information content (AvgIpc) is 2.87. The van der Waals surface area contributed by atoms with Crippen LogP contribution in [0.4, 0.5) is 4.39 Å². The number of methoxy groups -OCH3 is 1. The highest BCUT2D eigenvalue weighted by Gasteiger charge is 2.24. The molecule has 1 atom stereocenters. The van der Waals surface area contributed by atoms with Crippen LogP contribution in [0, 0.1) is 19.7 Å². The first-order chi connectivity index (χ1) is 17.2. The highest BCUT2D eigenvalue weighted by Crippen LogP contribution is 2.34. The SMILES string of the molecule is COc1cccc(-c2c(C)c(Cc3c(Cl)cccc3Cl)c(C)n(CC(N)c3ccccc3)c2=O)c1F. The molecule has 0 aliphatic rings. The summed E-state index contributed by atoms with van der Waals surface area (Å²) in [6.07, 6.45) is 0.371. The third-order valence-electron chi connectivity index (χ3n) is 6.60. The normalized spacial score (nSPS) is 12.0. The van der Waals surface area contributed by atoms with E-state index in [0.717, 1.165) is 22.4 Å².